The van der Waals surface area contributed by atoms with E-state index in [1.54, 1.807) is 13.8 Å². The SMILES string of the molecule is CC[C@H](C)Nc1c([N+](=O)[O-])cc(C(F)(F)F)cc1[N+](=O)[O-]. The lowest BCUT2D eigenvalue weighted by molar-refractivity contribution is -0.392. The second-order valence-electron chi connectivity index (χ2n) is 4.36. The molecule has 0 amide bonds. The summed E-state index contributed by atoms with van der Waals surface area (Å²) < 4.78 is 38.0. The summed E-state index contributed by atoms with van der Waals surface area (Å²) in [6.07, 6.45) is -4.43. The number of halogens is 3. The van der Waals surface area contributed by atoms with Gasteiger partial charge in [-0.25, -0.2) is 0 Å². The van der Waals surface area contributed by atoms with Crippen molar-refractivity contribution in [3.05, 3.63) is 37.9 Å². The van der Waals surface area contributed by atoms with Crippen LogP contribution in [0.2, 0.25) is 0 Å². The normalized spacial score (nSPS) is 12.8. The predicted octanol–water partition coefficient (Wildman–Crippen LogP) is 3.73. The van der Waals surface area contributed by atoms with Crippen LogP contribution >= 0.6 is 0 Å². The van der Waals surface area contributed by atoms with Crippen molar-refractivity contribution >= 4 is 17.1 Å². The van der Waals surface area contributed by atoms with Gasteiger partial charge in [-0.05, 0) is 13.3 Å². The lowest BCUT2D eigenvalue weighted by Gasteiger charge is -2.15. The molecule has 1 N–H and O–H groups in total. The molecule has 1 atom stereocenters. The van der Waals surface area contributed by atoms with Gasteiger partial charge in [0.2, 0.25) is 0 Å². The van der Waals surface area contributed by atoms with Gasteiger partial charge in [0, 0.05) is 18.2 Å². The largest absolute Gasteiger partial charge is 0.416 e. The molecule has 10 heteroatoms. The van der Waals surface area contributed by atoms with Gasteiger partial charge in [0.25, 0.3) is 11.4 Å². The van der Waals surface area contributed by atoms with Gasteiger partial charge < -0.3 is 5.32 Å². The van der Waals surface area contributed by atoms with Gasteiger partial charge in [-0.1, -0.05) is 6.92 Å². The van der Waals surface area contributed by atoms with E-state index in [-0.39, 0.29) is 18.2 Å². The average molecular weight is 307 g/mol. The van der Waals surface area contributed by atoms with E-state index in [0.29, 0.717) is 6.42 Å². The fourth-order valence-corrected chi connectivity index (χ4v) is 1.56. The quantitative estimate of drug-likeness (QED) is 0.660. The number of alkyl halides is 3. The molecule has 0 fully saturated rings. The molecular formula is C11H12F3N3O4. The van der Waals surface area contributed by atoms with E-state index in [1.807, 2.05) is 0 Å². The Bertz CT molecular complexity index is 539. The molecule has 21 heavy (non-hydrogen) atoms. The van der Waals surface area contributed by atoms with Crippen molar-refractivity contribution in [3.8, 4) is 0 Å². The third-order valence-corrected chi connectivity index (χ3v) is 2.82. The van der Waals surface area contributed by atoms with Crippen LogP contribution in [0.1, 0.15) is 25.8 Å². The number of hydrogen-bond acceptors (Lipinski definition) is 5. The number of nitrogens with one attached hydrogen (secondary N) is 1. The summed E-state index contributed by atoms with van der Waals surface area (Å²) >= 11 is 0. The van der Waals surface area contributed by atoms with Crippen molar-refractivity contribution in [2.75, 3.05) is 5.32 Å². The van der Waals surface area contributed by atoms with Gasteiger partial charge in [0.1, 0.15) is 0 Å². The number of rotatable bonds is 5. The maximum absolute atomic E-state index is 12.7. The summed E-state index contributed by atoms with van der Waals surface area (Å²) in [6.45, 7) is 3.32. The van der Waals surface area contributed by atoms with Crippen LogP contribution in [0.25, 0.3) is 0 Å². The Kier molecular flexibility index (Phi) is 4.71. The number of hydrogen-bond donors (Lipinski definition) is 1. The van der Waals surface area contributed by atoms with Crippen molar-refractivity contribution in [3.63, 3.8) is 0 Å². The van der Waals surface area contributed by atoms with Crippen LogP contribution in [0.4, 0.5) is 30.2 Å². The number of nitro groups is 2. The van der Waals surface area contributed by atoms with Crippen LogP contribution in [0, 0.1) is 20.2 Å². The highest BCUT2D eigenvalue weighted by atomic mass is 19.4. The van der Waals surface area contributed by atoms with Crippen LogP contribution in [0.5, 0.6) is 0 Å². The molecule has 0 radical (unpaired) electrons. The topological polar surface area (TPSA) is 98.3 Å². The van der Waals surface area contributed by atoms with E-state index < -0.39 is 38.6 Å². The van der Waals surface area contributed by atoms with Crippen molar-refractivity contribution in [1.82, 2.24) is 0 Å². The van der Waals surface area contributed by atoms with Crippen LogP contribution in [-0.4, -0.2) is 15.9 Å². The lowest BCUT2D eigenvalue weighted by atomic mass is 10.1. The summed E-state index contributed by atoms with van der Waals surface area (Å²) in [5.74, 6) is 0. The number of benzene rings is 1. The Morgan fingerprint density at radius 1 is 1.19 bits per heavy atom. The first kappa shape index (κ1) is 16.7. The van der Waals surface area contributed by atoms with Gasteiger partial charge in [0.15, 0.2) is 5.69 Å². The lowest BCUT2D eigenvalue weighted by Crippen LogP contribution is -2.17. The van der Waals surface area contributed by atoms with Crippen molar-refractivity contribution in [2.45, 2.75) is 32.5 Å². The minimum Gasteiger partial charge on any atom is -0.371 e. The van der Waals surface area contributed by atoms with Crippen LogP contribution in [-0.2, 0) is 6.18 Å². The van der Waals surface area contributed by atoms with Gasteiger partial charge >= 0.3 is 6.18 Å². The van der Waals surface area contributed by atoms with Crippen LogP contribution in [0.3, 0.4) is 0 Å². The molecule has 0 saturated carbocycles. The fraction of sp³-hybridized carbons (Fsp3) is 0.455. The zero-order valence-electron chi connectivity index (χ0n) is 11.1. The Morgan fingerprint density at radius 2 is 1.62 bits per heavy atom. The van der Waals surface area contributed by atoms with E-state index in [2.05, 4.69) is 5.32 Å². The smallest absolute Gasteiger partial charge is 0.371 e. The zero-order valence-corrected chi connectivity index (χ0v) is 11.1. The monoisotopic (exact) mass is 307 g/mol. The molecule has 1 aromatic carbocycles. The van der Waals surface area contributed by atoms with E-state index in [9.17, 15) is 33.4 Å². The third kappa shape index (κ3) is 3.80. The van der Waals surface area contributed by atoms with Crippen LogP contribution < -0.4 is 5.32 Å². The maximum atomic E-state index is 12.7. The molecule has 0 unspecified atom stereocenters. The number of anilines is 1. The second kappa shape index (κ2) is 5.94. The predicted molar refractivity (Wildman–Crippen MR) is 68.1 cm³/mol. The Labute approximate surface area is 117 Å². The molecule has 0 saturated heterocycles. The second-order valence-corrected chi connectivity index (χ2v) is 4.36. The first-order chi connectivity index (χ1) is 9.57. The molecule has 1 rings (SSSR count). The molecule has 0 aliphatic heterocycles. The zero-order chi connectivity index (χ0) is 16.4. The van der Waals surface area contributed by atoms with Gasteiger partial charge in [-0.15, -0.1) is 0 Å². The highest BCUT2D eigenvalue weighted by Gasteiger charge is 2.37. The Balaban J connectivity index is 3.59. The molecular weight excluding hydrogens is 295 g/mol. The first-order valence-corrected chi connectivity index (χ1v) is 5.88. The van der Waals surface area contributed by atoms with E-state index in [0.717, 1.165) is 0 Å². The summed E-state index contributed by atoms with van der Waals surface area (Å²) in [7, 11) is 0. The minimum atomic E-state index is -4.91. The highest BCUT2D eigenvalue weighted by molar-refractivity contribution is 5.75. The molecule has 0 bridgehead atoms. The third-order valence-electron chi connectivity index (χ3n) is 2.82. The fourth-order valence-electron chi connectivity index (χ4n) is 1.56. The summed E-state index contributed by atoms with van der Waals surface area (Å²) in [5.41, 5.74) is -3.91. The number of nitro benzene ring substituents is 2. The molecule has 0 spiro atoms. The van der Waals surface area contributed by atoms with Crippen molar-refractivity contribution < 1.29 is 23.0 Å². The molecule has 116 valence electrons. The molecule has 0 aromatic heterocycles. The van der Waals surface area contributed by atoms with E-state index >= 15 is 0 Å². The van der Waals surface area contributed by atoms with Crippen LogP contribution in [0.15, 0.2) is 12.1 Å². The summed E-state index contributed by atoms with van der Waals surface area (Å²) in [4.78, 5) is 19.7. The minimum absolute atomic E-state index is 0.289. The standard InChI is InChI=1S/C11H12F3N3O4/c1-3-6(2)15-10-8(16(18)19)4-7(11(12,13)14)5-9(10)17(20)21/h4-6,15H,3H2,1-2H3/t6-/m0/s1. The van der Waals surface area contributed by atoms with Gasteiger partial charge in [-0.3, -0.25) is 20.2 Å². The Morgan fingerprint density at radius 3 is 1.90 bits per heavy atom. The molecule has 0 heterocycles. The van der Waals surface area contributed by atoms with Gasteiger partial charge in [0.05, 0.1) is 15.4 Å². The molecule has 0 aliphatic carbocycles. The van der Waals surface area contributed by atoms with E-state index in [4.69, 9.17) is 0 Å². The summed E-state index contributed by atoms with van der Waals surface area (Å²) in [5, 5.41) is 24.4. The molecule has 0 aliphatic rings. The molecule has 7 nitrogen and oxygen atoms in total. The maximum Gasteiger partial charge on any atom is 0.416 e. The van der Waals surface area contributed by atoms with E-state index in [1.165, 1.54) is 0 Å². The first-order valence-electron chi connectivity index (χ1n) is 5.88. The average Bonchev–Trinajstić information content (AvgIpc) is 2.36. The number of nitrogens with zero attached hydrogens (tertiary/aromatic N) is 2. The van der Waals surface area contributed by atoms with Crippen molar-refractivity contribution in [2.24, 2.45) is 0 Å². The van der Waals surface area contributed by atoms with Gasteiger partial charge in [-0.2, -0.15) is 13.2 Å². The van der Waals surface area contributed by atoms with Crippen molar-refractivity contribution in [1.29, 1.82) is 0 Å². The molecule has 1 aromatic rings. The summed E-state index contributed by atoms with van der Waals surface area (Å²) in [6, 6.07) is 0.203. The highest BCUT2D eigenvalue weighted by Crippen LogP contribution is 2.41. The Hall–Kier alpha value is -2.39.